The third kappa shape index (κ3) is 3.60. The van der Waals surface area contributed by atoms with Crippen LogP contribution in [0.5, 0.6) is 0 Å². The maximum absolute atomic E-state index is 13.7. The molecule has 5 fully saturated rings. The van der Waals surface area contributed by atoms with Crippen LogP contribution in [0.3, 0.4) is 0 Å². The van der Waals surface area contributed by atoms with Crippen molar-refractivity contribution in [3.63, 3.8) is 0 Å². The fourth-order valence-corrected chi connectivity index (χ4v) is 9.79. The van der Waals surface area contributed by atoms with Gasteiger partial charge < -0.3 is 0 Å². The summed E-state index contributed by atoms with van der Waals surface area (Å²) in [5.74, 6) is 7.37. The van der Waals surface area contributed by atoms with E-state index < -0.39 is 0 Å². The molecule has 6 rings (SSSR count). The van der Waals surface area contributed by atoms with Crippen molar-refractivity contribution in [3.05, 3.63) is 16.9 Å². The highest BCUT2D eigenvalue weighted by Gasteiger charge is 2.63. The van der Waals surface area contributed by atoms with E-state index in [1.807, 2.05) is 0 Å². The van der Waals surface area contributed by atoms with Crippen LogP contribution in [0.4, 0.5) is 0 Å². The molecular weight excluding hydrogens is 430 g/mol. The van der Waals surface area contributed by atoms with Gasteiger partial charge in [-0.05, 0) is 111 Å². The Labute approximate surface area is 203 Å². The van der Waals surface area contributed by atoms with E-state index in [-0.39, 0.29) is 23.0 Å². The molecule has 178 valence electrons. The van der Waals surface area contributed by atoms with Crippen molar-refractivity contribution in [2.75, 3.05) is 0 Å². The topological polar surface area (TPSA) is 58.7 Å². The van der Waals surface area contributed by atoms with E-state index >= 15 is 0 Å². The average Bonchev–Trinajstić information content (AvgIpc) is 3.50. The van der Waals surface area contributed by atoms with Crippen molar-refractivity contribution >= 4 is 17.4 Å². The number of hydrogen-bond donors (Lipinski definition) is 0. The molecular formula is C28H38ClN3O. The van der Waals surface area contributed by atoms with Gasteiger partial charge in [-0.15, -0.1) is 0 Å². The lowest BCUT2D eigenvalue weighted by Gasteiger charge is -2.57. The Morgan fingerprint density at radius 1 is 1.09 bits per heavy atom. The van der Waals surface area contributed by atoms with Gasteiger partial charge in [0.05, 0.1) is 6.54 Å². The van der Waals surface area contributed by atoms with Gasteiger partial charge in [-0.3, -0.25) is 9.48 Å². The van der Waals surface area contributed by atoms with E-state index in [0.29, 0.717) is 11.3 Å². The van der Waals surface area contributed by atoms with Crippen LogP contribution in [0, 0.1) is 70.0 Å². The van der Waals surface area contributed by atoms with Gasteiger partial charge in [-0.2, -0.15) is 10.4 Å². The molecule has 1 heterocycles. The third-order valence-electron chi connectivity index (χ3n) is 11.0. The summed E-state index contributed by atoms with van der Waals surface area (Å²) in [7, 11) is 0. The number of nitrogens with zero attached hydrogens (tertiary/aromatic N) is 3. The first-order valence-electron chi connectivity index (χ1n) is 13.5. The highest BCUT2D eigenvalue weighted by atomic mass is 35.5. The largest absolute Gasteiger partial charge is 0.297 e. The zero-order chi connectivity index (χ0) is 22.9. The van der Waals surface area contributed by atoms with Crippen LogP contribution in [0.2, 0.25) is 5.15 Å². The van der Waals surface area contributed by atoms with E-state index in [9.17, 15) is 10.1 Å². The fourth-order valence-electron chi connectivity index (χ4n) is 9.60. The number of aromatic nitrogens is 2. The molecule has 9 unspecified atom stereocenters. The quantitative estimate of drug-likeness (QED) is 0.506. The smallest absolute Gasteiger partial charge is 0.168 e. The Hall–Kier alpha value is -1.34. The predicted molar refractivity (Wildman–Crippen MR) is 128 cm³/mol. The SMILES string of the molecule is CC1CCC2C(CCC3C2CCC2(C)C(C(=O)Cn4cc(C#N)c(Cl)n4)CC(C4CC4)C32)C1. The molecule has 0 spiro atoms. The van der Waals surface area contributed by atoms with Crippen molar-refractivity contribution in [1.82, 2.24) is 9.78 Å². The fraction of sp³-hybridized carbons (Fsp3) is 0.821. The Morgan fingerprint density at radius 3 is 2.58 bits per heavy atom. The average molecular weight is 468 g/mol. The minimum atomic E-state index is 0.131. The molecule has 0 saturated heterocycles. The molecule has 33 heavy (non-hydrogen) atoms. The highest BCUT2D eigenvalue weighted by molar-refractivity contribution is 6.30. The monoisotopic (exact) mass is 467 g/mol. The number of fused-ring (bicyclic) bond motifs is 5. The molecule has 4 nitrogen and oxygen atoms in total. The van der Waals surface area contributed by atoms with Crippen LogP contribution in [0.1, 0.15) is 83.6 Å². The van der Waals surface area contributed by atoms with E-state index in [0.717, 1.165) is 53.8 Å². The number of nitriles is 1. The molecule has 1 aromatic rings. The van der Waals surface area contributed by atoms with Crippen molar-refractivity contribution < 1.29 is 4.79 Å². The summed E-state index contributed by atoms with van der Waals surface area (Å²) in [4.78, 5) is 13.7. The van der Waals surface area contributed by atoms with E-state index in [4.69, 9.17) is 11.6 Å². The Morgan fingerprint density at radius 2 is 1.85 bits per heavy atom. The molecule has 0 amide bonds. The third-order valence-corrected chi connectivity index (χ3v) is 11.3. The molecule has 9 atom stereocenters. The molecule has 0 aliphatic heterocycles. The zero-order valence-electron chi connectivity index (χ0n) is 20.2. The molecule has 0 aromatic carbocycles. The Balaban J connectivity index is 1.26. The Kier molecular flexibility index (Phi) is 5.44. The summed E-state index contributed by atoms with van der Waals surface area (Å²) in [6.45, 7) is 5.19. The first-order valence-corrected chi connectivity index (χ1v) is 13.9. The second-order valence-electron chi connectivity index (χ2n) is 12.7. The lowest BCUT2D eigenvalue weighted by molar-refractivity contribution is -0.131. The standard InChI is InChI=1S/C28H38ClN3O/c1-16-3-7-20-18(11-16)6-8-22-21(20)9-10-28(2)24(12-23(26(22)28)17-4-5-17)25(33)15-32-14-19(13-30)27(29)31-32/h14,16-18,20-24,26H,3-12,15H2,1-2H3. The molecule has 5 saturated carbocycles. The maximum Gasteiger partial charge on any atom is 0.168 e. The van der Waals surface area contributed by atoms with Gasteiger partial charge in [0.2, 0.25) is 0 Å². The van der Waals surface area contributed by atoms with Gasteiger partial charge in [0, 0.05) is 12.1 Å². The minimum absolute atomic E-state index is 0.131. The number of hydrogen-bond acceptors (Lipinski definition) is 3. The second-order valence-corrected chi connectivity index (χ2v) is 13.1. The van der Waals surface area contributed by atoms with Crippen molar-refractivity contribution in [1.29, 1.82) is 5.26 Å². The number of ketones is 1. The zero-order valence-corrected chi connectivity index (χ0v) is 20.9. The highest BCUT2D eigenvalue weighted by Crippen LogP contribution is 2.69. The minimum Gasteiger partial charge on any atom is -0.297 e. The Bertz CT molecular complexity index is 976. The van der Waals surface area contributed by atoms with Crippen LogP contribution in [-0.4, -0.2) is 15.6 Å². The summed E-state index contributed by atoms with van der Waals surface area (Å²) in [6, 6.07) is 2.07. The predicted octanol–water partition coefficient (Wildman–Crippen LogP) is 6.52. The van der Waals surface area contributed by atoms with Crippen molar-refractivity contribution in [2.24, 2.45) is 58.7 Å². The van der Waals surface area contributed by atoms with Crippen molar-refractivity contribution in [3.8, 4) is 6.07 Å². The van der Waals surface area contributed by atoms with Gasteiger partial charge in [-0.1, -0.05) is 31.9 Å². The molecule has 5 aliphatic carbocycles. The summed E-state index contributed by atoms with van der Waals surface area (Å²) < 4.78 is 1.60. The van der Waals surface area contributed by atoms with Gasteiger partial charge in [0.15, 0.2) is 10.9 Å². The van der Waals surface area contributed by atoms with Crippen LogP contribution >= 0.6 is 11.6 Å². The number of halogens is 1. The normalized spacial score (nSPS) is 44.4. The lowest BCUT2D eigenvalue weighted by atomic mass is 9.48. The van der Waals surface area contributed by atoms with E-state index in [1.165, 1.54) is 57.8 Å². The number of carbonyl (C=O) groups is 1. The molecule has 5 heteroatoms. The van der Waals surface area contributed by atoms with Gasteiger partial charge in [-0.25, -0.2) is 0 Å². The first-order chi connectivity index (χ1) is 15.9. The van der Waals surface area contributed by atoms with Crippen LogP contribution in [0.15, 0.2) is 6.20 Å². The van der Waals surface area contributed by atoms with Gasteiger partial charge in [0.25, 0.3) is 0 Å². The molecule has 5 aliphatic rings. The van der Waals surface area contributed by atoms with Gasteiger partial charge in [0.1, 0.15) is 11.6 Å². The lowest BCUT2D eigenvalue weighted by Crippen LogP contribution is -2.50. The maximum atomic E-state index is 13.7. The molecule has 0 N–H and O–H groups in total. The second kappa shape index (κ2) is 8.11. The summed E-state index contributed by atoms with van der Waals surface area (Å²) >= 11 is 6.07. The molecule has 0 radical (unpaired) electrons. The van der Waals surface area contributed by atoms with E-state index in [2.05, 4.69) is 25.0 Å². The first kappa shape index (κ1) is 22.1. The number of Topliss-reactive ketones (excluding diaryl/α,β-unsaturated/α-hetero) is 1. The molecule has 0 bridgehead atoms. The van der Waals surface area contributed by atoms with Crippen LogP contribution < -0.4 is 0 Å². The summed E-state index contributed by atoms with van der Waals surface area (Å²) in [5.41, 5.74) is 0.491. The number of carbonyl (C=O) groups excluding carboxylic acids is 1. The van der Waals surface area contributed by atoms with E-state index in [1.54, 1.807) is 10.9 Å². The molecule has 1 aromatic heterocycles. The van der Waals surface area contributed by atoms with Crippen LogP contribution in [-0.2, 0) is 11.3 Å². The summed E-state index contributed by atoms with van der Waals surface area (Å²) in [6.07, 6.45) is 15.2. The van der Waals surface area contributed by atoms with Crippen molar-refractivity contribution in [2.45, 2.75) is 84.6 Å². The summed E-state index contributed by atoms with van der Waals surface area (Å²) in [5, 5.41) is 13.7. The van der Waals surface area contributed by atoms with Crippen LogP contribution in [0.25, 0.3) is 0 Å². The number of rotatable bonds is 4. The van der Waals surface area contributed by atoms with Gasteiger partial charge >= 0.3 is 0 Å².